The first-order valence-corrected chi connectivity index (χ1v) is 8.19. The fourth-order valence-electron chi connectivity index (χ4n) is 2.52. The molecule has 1 aromatic carbocycles. The molecule has 0 atom stereocenters. The number of hydrogen-bond acceptors (Lipinski definition) is 3. The van der Waals surface area contributed by atoms with Gasteiger partial charge in [0.05, 0.1) is 16.8 Å². The number of fused-ring (bicyclic) bond motifs is 1. The number of hydrogen-bond donors (Lipinski definition) is 1. The predicted octanol–water partition coefficient (Wildman–Crippen LogP) is 3.80. The molecule has 4 nitrogen and oxygen atoms in total. The van der Waals surface area contributed by atoms with Crippen molar-refractivity contribution >= 4 is 28.6 Å². The van der Waals surface area contributed by atoms with Crippen LogP contribution in [-0.2, 0) is 7.05 Å². The van der Waals surface area contributed by atoms with E-state index in [0.29, 0.717) is 5.75 Å². The van der Waals surface area contributed by atoms with Crippen molar-refractivity contribution < 1.29 is 4.79 Å². The summed E-state index contributed by atoms with van der Waals surface area (Å²) in [7, 11) is 1.98. The molecule has 0 aliphatic rings. The molecule has 114 valence electrons. The number of H-pyrrole nitrogens is 1. The lowest BCUT2D eigenvalue weighted by molar-refractivity contribution is 0.102. The van der Waals surface area contributed by atoms with Crippen molar-refractivity contribution in [2.75, 3.05) is 5.75 Å². The SMILES string of the molecule is Cc1ccc2nc(SCC(=O)c3cc(C)n(C)c3C)[nH]c2c1. The molecule has 0 fully saturated rings. The zero-order valence-electron chi connectivity index (χ0n) is 13.2. The lowest BCUT2D eigenvalue weighted by Crippen LogP contribution is -2.04. The molecule has 0 amide bonds. The molecule has 0 unspecified atom stereocenters. The number of carbonyl (C=O) groups excluding carboxylic acids is 1. The van der Waals surface area contributed by atoms with E-state index in [0.717, 1.165) is 33.1 Å². The monoisotopic (exact) mass is 313 g/mol. The van der Waals surface area contributed by atoms with Crippen molar-refractivity contribution in [3.8, 4) is 0 Å². The van der Waals surface area contributed by atoms with E-state index in [1.807, 2.05) is 43.7 Å². The minimum atomic E-state index is 0.142. The Morgan fingerprint density at radius 3 is 2.73 bits per heavy atom. The van der Waals surface area contributed by atoms with Crippen molar-refractivity contribution in [2.45, 2.75) is 25.9 Å². The number of aryl methyl sites for hydroxylation is 2. The molecule has 2 heterocycles. The molecule has 1 N–H and O–H groups in total. The third-order valence-electron chi connectivity index (χ3n) is 4.03. The van der Waals surface area contributed by atoms with Gasteiger partial charge in [0.25, 0.3) is 0 Å². The first-order valence-electron chi connectivity index (χ1n) is 7.21. The number of thioether (sulfide) groups is 1. The second-order valence-corrected chi connectivity index (χ2v) is 6.58. The summed E-state index contributed by atoms with van der Waals surface area (Å²) in [6.07, 6.45) is 0. The highest BCUT2D eigenvalue weighted by molar-refractivity contribution is 7.99. The molecule has 3 aromatic rings. The Morgan fingerprint density at radius 1 is 1.27 bits per heavy atom. The number of carbonyl (C=O) groups is 1. The van der Waals surface area contributed by atoms with Gasteiger partial charge in [-0.2, -0.15) is 0 Å². The zero-order valence-corrected chi connectivity index (χ0v) is 14.0. The van der Waals surface area contributed by atoms with E-state index >= 15 is 0 Å². The predicted molar refractivity (Wildman–Crippen MR) is 90.8 cm³/mol. The number of Topliss-reactive ketones (excluding diaryl/α,β-unsaturated/α-hetero) is 1. The normalized spacial score (nSPS) is 11.3. The van der Waals surface area contributed by atoms with Crippen molar-refractivity contribution in [3.05, 3.63) is 46.8 Å². The molecule has 22 heavy (non-hydrogen) atoms. The number of ketones is 1. The van der Waals surface area contributed by atoms with Crippen LogP contribution in [0, 0.1) is 20.8 Å². The number of rotatable bonds is 4. The molecule has 0 saturated heterocycles. The number of aromatic nitrogens is 3. The standard InChI is InChI=1S/C17H19N3OS/c1-10-5-6-14-15(7-10)19-17(18-14)22-9-16(21)13-8-11(2)20(4)12(13)3/h5-8H,9H2,1-4H3,(H,18,19). The Morgan fingerprint density at radius 2 is 2.05 bits per heavy atom. The highest BCUT2D eigenvalue weighted by atomic mass is 32.2. The van der Waals surface area contributed by atoms with Crippen molar-refractivity contribution in [1.29, 1.82) is 0 Å². The largest absolute Gasteiger partial charge is 0.351 e. The van der Waals surface area contributed by atoms with Gasteiger partial charge in [0.2, 0.25) is 0 Å². The van der Waals surface area contributed by atoms with E-state index in [4.69, 9.17) is 0 Å². The van der Waals surface area contributed by atoms with Crippen molar-refractivity contribution in [2.24, 2.45) is 7.05 Å². The highest BCUT2D eigenvalue weighted by Gasteiger charge is 2.15. The third kappa shape index (κ3) is 2.68. The average molecular weight is 313 g/mol. The Balaban J connectivity index is 1.75. The van der Waals surface area contributed by atoms with Crippen LogP contribution in [0.5, 0.6) is 0 Å². The summed E-state index contributed by atoms with van der Waals surface area (Å²) in [6, 6.07) is 8.07. The summed E-state index contributed by atoms with van der Waals surface area (Å²) in [4.78, 5) is 20.2. The summed E-state index contributed by atoms with van der Waals surface area (Å²) in [6.45, 7) is 6.05. The van der Waals surface area contributed by atoms with Crippen LogP contribution in [0.25, 0.3) is 11.0 Å². The van der Waals surface area contributed by atoms with E-state index in [2.05, 4.69) is 23.0 Å². The van der Waals surface area contributed by atoms with Gasteiger partial charge in [-0.25, -0.2) is 4.98 Å². The van der Waals surface area contributed by atoms with E-state index in [9.17, 15) is 4.79 Å². The Kier molecular flexibility index (Phi) is 3.83. The Hall–Kier alpha value is -2.01. The van der Waals surface area contributed by atoms with Crippen LogP contribution in [0.2, 0.25) is 0 Å². The fraction of sp³-hybridized carbons (Fsp3) is 0.294. The number of nitrogens with one attached hydrogen (secondary N) is 1. The topological polar surface area (TPSA) is 50.7 Å². The molecular weight excluding hydrogens is 294 g/mol. The van der Waals surface area contributed by atoms with Gasteiger partial charge in [-0.3, -0.25) is 4.79 Å². The first-order chi connectivity index (χ1) is 10.5. The van der Waals surface area contributed by atoms with Crippen molar-refractivity contribution in [1.82, 2.24) is 14.5 Å². The minimum Gasteiger partial charge on any atom is -0.351 e. The number of nitrogens with zero attached hydrogens (tertiary/aromatic N) is 2. The maximum Gasteiger partial charge on any atom is 0.175 e. The molecule has 0 saturated carbocycles. The lowest BCUT2D eigenvalue weighted by atomic mass is 10.2. The molecule has 0 aliphatic carbocycles. The minimum absolute atomic E-state index is 0.142. The van der Waals surface area contributed by atoms with Crippen LogP contribution in [0.15, 0.2) is 29.4 Å². The fourth-order valence-corrected chi connectivity index (χ4v) is 3.29. The van der Waals surface area contributed by atoms with Crippen LogP contribution < -0.4 is 0 Å². The number of imidazole rings is 1. The average Bonchev–Trinajstić information content (AvgIpc) is 3.00. The maximum atomic E-state index is 12.4. The number of benzene rings is 1. The summed E-state index contributed by atoms with van der Waals surface area (Å²) in [5, 5.41) is 0.791. The lowest BCUT2D eigenvalue weighted by Gasteiger charge is -2.01. The van der Waals surface area contributed by atoms with Gasteiger partial charge < -0.3 is 9.55 Å². The number of aromatic amines is 1. The zero-order chi connectivity index (χ0) is 15.9. The summed E-state index contributed by atoms with van der Waals surface area (Å²) in [5.41, 5.74) is 6.07. The van der Waals surface area contributed by atoms with Gasteiger partial charge in [0, 0.05) is 24.0 Å². The van der Waals surface area contributed by atoms with E-state index < -0.39 is 0 Å². The van der Waals surface area contributed by atoms with Gasteiger partial charge in [-0.15, -0.1) is 0 Å². The third-order valence-corrected chi connectivity index (χ3v) is 4.90. The molecule has 5 heteroatoms. The highest BCUT2D eigenvalue weighted by Crippen LogP contribution is 2.22. The molecule has 0 bridgehead atoms. The van der Waals surface area contributed by atoms with Gasteiger partial charge >= 0.3 is 0 Å². The molecule has 0 spiro atoms. The van der Waals surface area contributed by atoms with Crippen LogP contribution in [-0.4, -0.2) is 26.1 Å². The van der Waals surface area contributed by atoms with Gasteiger partial charge in [0.15, 0.2) is 10.9 Å². The van der Waals surface area contributed by atoms with Crippen LogP contribution in [0.3, 0.4) is 0 Å². The van der Waals surface area contributed by atoms with Gasteiger partial charge in [-0.05, 0) is 44.5 Å². The Labute approximate surface area is 133 Å². The molecule has 0 aliphatic heterocycles. The summed E-state index contributed by atoms with van der Waals surface area (Å²) >= 11 is 1.45. The molecule has 0 radical (unpaired) electrons. The van der Waals surface area contributed by atoms with Crippen LogP contribution >= 0.6 is 11.8 Å². The molecule has 2 aromatic heterocycles. The quantitative estimate of drug-likeness (QED) is 0.589. The van der Waals surface area contributed by atoms with E-state index in [1.165, 1.54) is 17.3 Å². The van der Waals surface area contributed by atoms with Crippen LogP contribution in [0.1, 0.15) is 27.3 Å². The van der Waals surface area contributed by atoms with Crippen LogP contribution in [0.4, 0.5) is 0 Å². The second-order valence-electron chi connectivity index (χ2n) is 5.62. The Bertz CT molecular complexity index is 860. The molecule has 3 rings (SSSR count). The van der Waals surface area contributed by atoms with Gasteiger partial charge in [0.1, 0.15) is 0 Å². The second kappa shape index (κ2) is 5.65. The summed E-state index contributed by atoms with van der Waals surface area (Å²) in [5.74, 6) is 0.533. The maximum absolute atomic E-state index is 12.4. The van der Waals surface area contributed by atoms with E-state index in [-0.39, 0.29) is 5.78 Å². The summed E-state index contributed by atoms with van der Waals surface area (Å²) < 4.78 is 2.04. The first kappa shape index (κ1) is 14.9. The van der Waals surface area contributed by atoms with E-state index in [1.54, 1.807) is 0 Å². The molecular formula is C17H19N3OS. The van der Waals surface area contributed by atoms with Gasteiger partial charge in [-0.1, -0.05) is 17.8 Å². The smallest absolute Gasteiger partial charge is 0.175 e. The van der Waals surface area contributed by atoms with Crippen molar-refractivity contribution in [3.63, 3.8) is 0 Å².